The molecule has 1 aliphatic heterocycles. The van der Waals surface area contributed by atoms with Gasteiger partial charge in [-0.25, -0.2) is 8.78 Å². The van der Waals surface area contributed by atoms with Crippen LogP contribution in [0.3, 0.4) is 0 Å². The van der Waals surface area contributed by atoms with Crippen LogP contribution in [-0.4, -0.2) is 51.8 Å². The first-order chi connectivity index (χ1) is 14.0. The Bertz CT molecular complexity index is 854. The third-order valence-electron chi connectivity index (χ3n) is 4.65. The third-order valence-corrected chi connectivity index (χ3v) is 4.65. The minimum Gasteiger partial charge on any atom is -0.490 e. The average Bonchev–Trinajstić information content (AvgIpc) is 2.93. The van der Waals surface area contributed by atoms with E-state index in [-0.39, 0.29) is 12.1 Å². The van der Waals surface area contributed by atoms with E-state index in [9.17, 15) is 8.78 Å². The number of anilines is 1. The summed E-state index contributed by atoms with van der Waals surface area (Å²) in [5.74, 6) is 0.706. The Morgan fingerprint density at radius 3 is 2.45 bits per heavy atom. The lowest BCUT2D eigenvalue weighted by atomic mass is 10.0. The van der Waals surface area contributed by atoms with Crippen molar-refractivity contribution in [2.45, 2.75) is 12.5 Å². The van der Waals surface area contributed by atoms with Crippen molar-refractivity contribution in [2.24, 2.45) is 4.99 Å². The maximum atomic E-state index is 14.2. The maximum absolute atomic E-state index is 14.2. The molecule has 2 aromatic rings. The van der Waals surface area contributed by atoms with Gasteiger partial charge in [0, 0.05) is 37.3 Å². The molecule has 0 saturated heterocycles. The Morgan fingerprint density at radius 2 is 1.79 bits per heavy atom. The molecular weight excluding hydrogens is 378 g/mol. The summed E-state index contributed by atoms with van der Waals surface area (Å²) in [5.41, 5.74) is 0.789. The Morgan fingerprint density at radius 1 is 1.10 bits per heavy atom. The van der Waals surface area contributed by atoms with Crippen molar-refractivity contribution >= 4 is 11.6 Å². The largest absolute Gasteiger partial charge is 0.490 e. The number of nitrogens with zero attached hydrogens (tertiary/aromatic N) is 2. The lowest BCUT2D eigenvalue weighted by Gasteiger charge is -2.26. The Labute approximate surface area is 169 Å². The summed E-state index contributed by atoms with van der Waals surface area (Å²) in [5, 5.41) is 6.31. The number of rotatable bonds is 5. The molecule has 6 nitrogen and oxygen atoms in total. The Kier molecular flexibility index (Phi) is 6.87. The van der Waals surface area contributed by atoms with Gasteiger partial charge in [-0.1, -0.05) is 6.07 Å². The number of likely N-dealkylation sites (N-methyl/N-ethyl adjacent to an activating group) is 1. The van der Waals surface area contributed by atoms with E-state index in [2.05, 4.69) is 15.6 Å². The molecule has 2 aromatic carbocycles. The van der Waals surface area contributed by atoms with E-state index in [4.69, 9.17) is 9.47 Å². The summed E-state index contributed by atoms with van der Waals surface area (Å²) in [6.07, 6.45) is 0.833. The first-order valence-corrected chi connectivity index (χ1v) is 9.47. The van der Waals surface area contributed by atoms with Crippen molar-refractivity contribution in [1.82, 2.24) is 10.2 Å². The standard InChI is InChI=1S/C21H26F2N4O2/c1-24-21(26-14-8-9-18-19(12-14)29-11-5-10-28-18)25-13-17(27(2)3)20-15(22)6-4-7-16(20)23/h4,6-9,12,17H,5,10-11,13H2,1-3H3,(H2,24,25,26). The number of hydrogen-bond acceptors (Lipinski definition) is 4. The van der Waals surface area contributed by atoms with Crippen molar-refractivity contribution in [3.63, 3.8) is 0 Å². The number of aliphatic imine (C=N–C) groups is 1. The lowest BCUT2D eigenvalue weighted by molar-refractivity contribution is 0.283. The van der Waals surface area contributed by atoms with Gasteiger partial charge in [0.1, 0.15) is 11.6 Å². The molecule has 0 amide bonds. The van der Waals surface area contributed by atoms with Crippen LogP contribution >= 0.6 is 0 Å². The summed E-state index contributed by atoms with van der Waals surface area (Å²) in [7, 11) is 5.18. The van der Waals surface area contributed by atoms with Gasteiger partial charge in [0.15, 0.2) is 17.5 Å². The highest BCUT2D eigenvalue weighted by Crippen LogP contribution is 2.32. The molecule has 1 unspecified atom stereocenters. The van der Waals surface area contributed by atoms with Gasteiger partial charge in [-0.05, 0) is 38.4 Å². The fraction of sp³-hybridized carbons (Fsp3) is 0.381. The van der Waals surface area contributed by atoms with Crippen LogP contribution in [0.25, 0.3) is 0 Å². The average molecular weight is 404 g/mol. The number of hydrogen-bond donors (Lipinski definition) is 2. The van der Waals surface area contributed by atoms with Gasteiger partial charge in [-0.15, -0.1) is 0 Å². The summed E-state index contributed by atoms with van der Waals surface area (Å²) >= 11 is 0. The monoisotopic (exact) mass is 404 g/mol. The molecule has 1 heterocycles. The number of halogens is 2. The number of nitrogens with one attached hydrogen (secondary N) is 2. The van der Waals surface area contributed by atoms with Gasteiger partial charge in [0.25, 0.3) is 0 Å². The second kappa shape index (κ2) is 9.56. The van der Waals surface area contributed by atoms with Crippen LogP contribution in [0.1, 0.15) is 18.0 Å². The summed E-state index contributed by atoms with van der Waals surface area (Å²) < 4.78 is 39.8. The zero-order valence-electron chi connectivity index (χ0n) is 16.8. The molecule has 2 N–H and O–H groups in total. The molecule has 1 atom stereocenters. The van der Waals surface area contributed by atoms with E-state index in [0.29, 0.717) is 30.7 Å². The van der Waals surface area contributed by atoms with Gasteiger partial charge in [0.2, 0.25) is 0 Å². The highest BCUT2D eigenvalue weighted by Gasteiger charge is 2.22. The molecule has 0 saturated carbocycles. The number of benzene rings is 2. The van der Waals surface area contributed by atoms with Crippen LogP contribution < -0.4 is 20.1 Å². The summed E-state index contributed by atoms with van der Waals surface area (Å²) in [6.45, 7) is 1.48. The van der Waals surface area contributed by atoms with Crippen LogP contribution in [0, 0.1) is 11.6 Å². The van der Waals surface area contributed by atoms with Crippen molar-refractivity contribution < 1.29 is 18.3 Å². The van der Waals surface area contributed by atoms with Crippen molar-refractivity contribution in [2.75, 3.05) is 46.2 Å². The van der Waals surface area contributed by atoms with Gasteiger partial charge in [-0.2, -0.15) is 0 Å². The number of fused-ring (bicyclic) bond motifs is 1. The van der Waals surface area contributed by atoms with E-state index in [0.717, 1.165) is 12.1 Å². The van der Waals surface area contributed by atoms with E-state index < -0.39 is 17.7 Å². The molecule has 0 aliphatic carbocycles. The van der Waals surface area contributed by atoms with Crippen molar-refractivity contribution in [3.05, 3.63) is 53.6 Å². The molecule has 29 heavy (non-hydrogen) atoms. The highest BCUT2D eigenvalue weighted by atomic mass is 19.1. The van der Waals surface area contributed by atoms with Crippen molar-refractivity contribution in [3.8, 4) is 11.5 Å². The molecule has 3 rings (SSSR count). The van der Waals surface area contributed by atoms with Crippen LogP contribution in [0.2, 0.25) is 0 Å². The fourth-order valence-corrected chi connectivity index (χ4v) is 3.12. The topological polar surface area (TPSA) is 58.1 Å². The van der Waals surface area contributed by atoms with Gasteiger partial charge >= 0.3 is 0 Å². The minimum atomic E-state index is -0.573. The third kappa shape index (κ3) is 5.14. The zero-order chi connectivity index (χ0) is 20.8. The molecule has 0 bridgehead atoms. The SMILES string of the molecule is CN=C(NCC(c1c(F)cccc1F)N(C)C)Nc1ccc2c(c1)OCCCO2. The lowest BCUT2D eigenvalue weighted by Crippen LogP contribution is -2.38. The molecule has 1 aliphatic rings. The fourth-order valence-electron chi connectivity index (χ4n) is 3.12. The van der Waals surface area contributed by atoms with Crippen LogP contribution in [0.5, 0.6) is 11.5 Å². The van der Waals surface area contributed by atoms with Crippen LogP contribution in [0.15, 0.2) is 41.4 Å². The molecular formula is C21H26F2N4O2. The summed E-state index contributed by atoms with van der Waals surface area (Å²) in [4.78, 5) is 5.96. The highest BCUT2D eigenvalue weighted by molar-refractivity contribution is 5.93. The van der Waals surface area contributed by atoms with Gasteiger partial charge < -0.3 is 25.0 Å². The molecule has 0 radical (unpaired) electrons. The Hall–Kier alpha value is -2.87. The summed E-state index contributed by atoms with van der Waals surface area (Å²) in [6, 6.07) is 8.92. The first kappa shape index (κ1) is 20.9. The Balaban J connectivity index is 1.70. The predicted molar refractivity (Wildman–Crippen MR) is 110 cm³/mol. The number of ether oxygens (including phenoxy) is 2. The predicted octanol–water partition coefficient (Wildman–Crippen LogP) is 3.42. The molecule has 0 fully saturated rings. The molecule has 0 aromatic heterocycles. The van der Waals surface area contributed by atoms with E-state index in [1.54, 1.807) is 26.0 Å². The van der Waals surface area contributed by atoms with Gasteiger partial charge in [0.05, 0.1) is 19.3 Å². The van der Waals surface area contributed by atoms with E-state index in [1.165, 1.54) is 18.2 Å². The second-order valence-electron chi connectivity index (χ2n) is 6.90. The van der Waals surface area contributed by atoms with E-state index in [1.807, 2.05) is 18.2 Å². The molecule has 8 heteroatoms. The first-order valence-electron chi connectivity index (χ1n) is 9.47. The molecule has 156 valence electrons. The van der Waals surface area contributed by atoms with Gasteiger partial charge in [-0.3, -0.25) is 4.99 Å². The van der Waals surface area contributed by atoms with E-state index >= 15 is 0 Å². The van der Waals surface area contributed by atoms with Crippen LogP contribution in [0.4, 0.5) is 14.5 Å². The van der Waals surface area contributed by atoms with Crippen LogP contribution in [-0.2, 0) is 0 Å². The normalized spacial score (nSPS) is 15.0. The second-order valence-corrected chi connectivity index (χ2v) is 6.90. The minimum absolute atomic E-state index is 0.0241. The zero-order valence-corrected chi connectivity index (χ0v) is 16.8. The van der Waals surface area contributed by atoms with Crippen molar-refractivity contribution in [1.29, 1.82) is 0 Å². The quantitative estimate of drug-likeness (QED) is 0.591. The number of guanidine groups is 1. The maximum Gasteiger partial charge on any atom is 0.195 e. The smallest absolute Gasteiger partial charge is 0.195 e. The molecule has 0 spiro atoms.